The first-order chi connectivity index (χ1) is 21.5. The van der Waals surface area contributed by atoms with E-state index in [0.717, 1.165) is 16.7 Å². The average molecular weight is 582 g/mol. The lowest BCUT2D eigenvalue weighted by atomic mass is 9.94. The SMILES string of the molecule is Cc1cc(/C(O)=C2\C(=O)C(=O)N(c3ccccc3)C2c2cccc(OCc3ccccc3)c2)ccc1OCc1ccccc1. The van der Waals surface area contributed by atoms with Crippen LogP contribution in [0.15, 0.2) is 139 Å². The lowest BCUT2D eigenvalue weighted by Gasteiger charge is -2.26. The molecule has 0 aromatic heterocycles. The number of hydrogen-bond donors (Lipinski definition) is 1. The quantitative estimate of drug-likeness (QED) is 0.109. The van der Waals surface area contributed by atoms with E-state index < -0.39 is 17.7 Å². The Labute approximate surface area is 256 Å². The first-order valence-corrected chi connectivity index (χ1v) is 14.4. The monoisotopic (exact) mass is 581 g/mol. The van der Waals surface area contributed by atoms with Crippen LogP contribution in [0, 0.1) is 6.92 Å². The summed E-state index contributed by atoms with van der Waals surface area (Å²) in [4.78, 5) is 28.6. The van der Waals surface area contributed by atoms with Gasteiger partial charge < -0.3 is 14.6 Å². The summed E-state index contributed by atoms with van der Waals surface area (Å²) in [6.45, 7) is 2.64. The first kappa shape index (κ1) is 28.5. The van der Waals surface area contributed by atoms with Crippen LogP contribution in [0.25, 0.3) is 5.76 Å². The Morgan fingerprint density at radius 2 is 1.32 bits per heavy atom. The number of carbonyl (C=O) groups is 2. The molecule has 1 N–H and O–H groups in total. The molecule has 5 aromatic rings. The second-order valence-corrected chi connectivity index (χ2v) is 10.6. The number of para-hydroxylation sites is 1. The number of carbonyl (C=O) groups excluding carboxylic acids is 2. The van der Waals surface area contributed by atoms with Crippen LogP contribution in [0.5, 0.6) is 11.5 Å². The van der Waals surface area contributed by atoms with Gasteiger partial charge in [0.25, 0.3) is 11.7 Å². The number of benzene rings is 5. The van der Waals surface area contributed by atoms with Crippen LogP contribution in [-0.2, 0) is 22.8 Å². The molecule has 0 spiro atoms. The van der Waals surface area contributed by atoms with Gasteiger partial charge in [0.1, 0.15) is 30.5 Å². The lowest BCUT2D eigenvalue weighted by molar-refractivity contribution is -0.132. The minimum Gasteiger partial charge on any atom is -0.507 e. The molecule has 0 radical (unpaired) electrons. The van der Waals surface area contributed by atoms with Crippen LogP contribution in [0.4, 0.5) is 5.69 Å². The molecule has 6 heteroatoms. The maximum absolute atomic E-state index is 13.6. The number of amides is 1. The van der Waals surface area contributed by atoms with Crippen molar-refractivity contribution in [2.75, 3.05) is 4.90 Å². The molecule has 0 aliphatic carbocycles. The zero-order valence-electron chi connectivity index (χ0n) is 24.2. The highest BCUT2D eigenvalue weighted by Crippen LogP contribution is 2.43. The van der Waals surface area contributed by atoms with Gasteiger partial charge in [-0.15, -0.1) is 0 Å². The average Bonchev–Trinajstić information content (AvgIpc) is 3.34. The van der Waals surface area contributed by atoms with Crippen molar-refractivity contribution in [3.63, 3.8) is 0 Å². The van der Waals surface area contributed by atoms with Gasteiger partial charge in [-0.25, -0.2) is 0 Å². The molecule has 6 nitrogen and oxygen atoms in total. The third-order valence-electron chi connectivity index (χ3n) is 7.59. The molecule has 44 heavy (non-hydrogen) atoms. The van der Waals surface area contributed by atoms with Gasteiger partial charge in [0.15, 0.2) is 0 Å². The van der Waals surface area contributed by atoms with Crippen LogP contribution >= 0.6 is 0 Å². The van der Waals surface area contributed by atoms with Gasteiger partial charge in [-0.2, -0.15) is 0 Å². The van der Waals surface area contributed by atoms with Crippen LogP contribution < -0.4 is 14.4 Å². The van der Waals surface area contributed by atoms with Crippen LogP contribution in [0.2, 0.25) is 0 Å². The summed E-state index contributed by atoms with van der Waals surface area (Å²) in [6.07, 6.45) is 0. The molecule has 1 heterocycles. The normalized spacial score (nSPS) is 15.8. The zero-order chi connectivity index (χ0) is 30.5. The van der Waals surface area contributed by atoms with Crippen LogP contribution in [0.3, 0.4) is 0 Å². The number of ether oxygens (including phenoxy) is 2. The van der Waals surface area contributed by atoms with E-state index in [1.807, 2.05) is 110 Å². The first-order valence-electron chi connectivity index (χ1n) is 14.4. The molecular weight excluding hydrogens is 550 g/mol. The molecule has 1 unspecified atom stereocenters. The molecular formula is C38H31NO5. The number of aliphatic hydroxyl groups excluding tert-OH is 1. The third kappa shape index (κ3) is 5.96. The van der Waals surface area contributed by atoms with E-state index in [1.54, 1.807) is 30.3 Å². The predicted molar refractivity (Wildman–Crippen MR) is 170 cm³/mol. The van der Waals surface area contributed by atoms with E-state index in [9.17, 15) is 14.7 Å². The summed E-state index contributed by atoms with van der Waals surface area (Å²) in [6, 6.07) is 40.3. The number of Topliss-reactive ketones (excluding diaryl/α,β-unsaturated/α-hetero) is 1. The van der Waals surface area contributed by atoms with Gasteiger partial charge in [0, 0.05) is 11.3 Å². The Kier molecular flexibility index (Phi) is 8.23. The predicted octanol–water partition coefficient (Wildman–Crippen LogP) is 7.78. The highest BCUT2D eigenvalue weighted by molar-refractivity contribution is 6.51. The number of rotatable bonds is 9. The summed E-state index contributed by atoms with van der Waals surface area (Å²) in [5, 5.41) is 11.7. The minimum absolute atomic E-state index is 0.0106. The Bertz CT molecular complexity index is 1820. The van der Waals surface area contributed by atoms with Crippen molar-refractivity contribution >= 4 is 23.1 Å². The smallest absolute Gasteiger partial charge is 0.300 e. The van der Waals surface area contributed by atoms with Gasteiger partial charge in [-0.1, -0.05) is 91.0 Å². The fraction of sp³-hybridized carbons (Fsp3) is 0.105. The second kappa shape index (κ2) is 12.7. The van der Waals surface area contributed by atoms with E-state index in [-0.39, 0.29) is 11.3 Å². The summed E-state index contributed by atoms with van der Waals surface area (Å²) in [7, 11) is 0. The van der Waals surface area contributed by atoms with E-state index in [2.05, 4.69) is 0 Å². The second-order valence-electron chi connectivity index (χ2n) is 10.6. The van der Waals surface area contributed by atoms with Crippen molar-refractivity contribution in [3.8, 4) is 11.5 Å². The van der Waals surface area contributed by atoms with Gasteiger partial charge in [-0.05, 0) is 71.6 Å². The molecule has 218 valence electrons. The maximum Gasteiger partial charge on any atom is 0.300 e. The van der Waals surface area contributed by atoms with Gasteiger partial charge in [0.05, 0.1) is 11.6 Å². The van der Waals surface area contributed by atoms with Crippen LogP contribution in [0.1, 0.15) is 33.9 Å². The molecule has 1 aliphatic heterocycles. The van der Waals surface area contributed by atoms with Gasteiger partial charge in [-0.3, -0.25) is 14.5 Å². The Morgan fingerprint density at radius 3 is 1.95 bits per heavy atom. The number of aryl methyl sites for hydroxylation is 1. The van der Waals surface area contributed by atoms with Crippen molar-refractivity contribution in [1.29, 1.82) is 0 Å². The molecule has 1 fully saturated rings. The molecule has 0 saturated carbocycles. The lowest BCUT2D eigenvalue weighted by Crippen LogP contribution is -2.29. The molecule has 1 amide bonds. The summed E-state index contributed by atoms with van der Waals surface area (Å²) >= 11 is 0. The summed E-state index contributed by atoms with van der Waals surface area (Å²) in [5.74, 6) is -0.470. The minimum atomic E-state index is -0.869. The van der Waals surface area contributed by atoms with Crippen molar-refractivity contribution in [2.24, 2.45) is 0 Å². The van der Waals surface area contributed by atoms with Crippen molar-refractivity contribution in [3.05, 3.63) is 167 Å². The van der Waals surface area contributed by atoms with Crippen molar-refractivity contribution in [1.82, 2.24) is 0 Å². The largest absolute Gasteiger partial charge is 0.507 e. The number of hydrogen-bond acceptors (Lipinski definition) is 5. The number of aliphatic hydroxyl groups is 1. The van der Waals surface area contributed by atoms with Crippen LogP contribution in [-0.4, -0.2) is 16.8 Å². The molecule has 5 aromatic carbocycles. The van der Waals surface area contributed by atoms with E-state index >= 15 is 0 Å². The van der Waals surface area contributed by atoms with E-state index in [4.69, 9.17) is 9.47 Å². The number of anilines is 1. The highest BCUT2D eigenvalue weighted by Gasteiger charge is 2.47. The van der Waals surface area contributed by atoms with Gasteiger partial charge >= 0.3 is 0 Å². The Morgan fingerprint density at radius 1 is 0.705 bits per heavy atom. The zero-order valence-corrected chi connectivity index (χ0v) is 24.2. The fourth-order valence-corrected chi connectivity index (χ4v) is 5.37. The van der Waals surface area contributed by atoms with Gasteiger partial charge in [0.2, 0.25) is 0 Å². The highest BCUT2D eigenvalue weighted by atomic mass is 16.5. The Hall–Kier alpha value is -5.62. The number of nitrogens with zero attached hydrogens (tertiary/aromatic N) is 1. The maximum atomic E-state index is 13.6. The fourth-order valence-electron chi connectivity index (χ4n) is 5.37. The molecule has 1 saturated heterocycles. The molecule has 1 aliphatic rings. The number of ketones is 1. The molecule has 6 rings (SSSR count). The van der Waals surface area contributed by atoms with Crippen molar-refractivity contribution in [2.45, 2.75) is 26.2 Å². The van der Waals surface area contributed by atoms with E-state index in [0.29, 0.717) is 41.5 Å². The molecule has 1 atom stereocenters. The summed E-state index contributed by atoms with van der Waals surface area (Å²) in [5.41, 5.74) is 4.46. The Balaban J connectivity index is 1.37. The van der Waals surface area contributed by atoms with E-state index in [1.165, 1.54) is 4.90 Å². The topological polar surface area (TPSA) is 76.1 Å². The summed E-state index contributed by atoms with van der Waals surface area (Å²) < 4.78 is 12.1. The standard InChI is InChI=1S/C38H31NO5/c1-26-22-30(20-21-33(26)44-25-28-14-7-3-8-15-28)36(40)34-35(39(38(42)37(34)41)31-17-9-4-10-18-31)29-16-11-19-32(23-29)43-24-27-12-5-2-6-13-27/h2-23,35,40H,24-25H2,1H3/b36-34+. The molecule has 0 bridgehead atoms. The van der Waals surface area contributed by atoms with Crippen molar-refractivity contribution < 1.29 is 24.2 Å². The third-order valence-corrected chi connectivity index (χ3v) is 7.59.